The van der Waals surface area contributed by atoms with Crippen LogP contribution in [0.4, 0.5) is 10.1 Å². The molecule has 7 heteroatoms. The Kier molecular flexibility index (Phi) is 6.17. The van der Waals surface area contributed by atoms with E-state index in [-0.39, 0.29) is 30.6 Å². The molecule has 0 saturated heterocycles. The van der Waals surface area contributed by atoms with E-state index in [1.807, 2.05) is 12.1 Å². The van der Waals surface area contributed by atoms with Gasteiger partial charge in [-0.1, -0.05) is 36.4 Å². The highest BCUT2D eigenvalue weighted by Crippen LogP contribution is 2.35. The van der Waals surface area contributed by atoms with Gasteiger partial charge in [-0.25, -0.2) is 4.39 Å². The molecule has 2 amide bonds. The van der Waals surface area contributed by atoms with Crippen molar-refractivity contribution in [3.63, 3.8) is 0 Å². The quantitative estimate of drug-likeness (QED) is 0.600. The van der Waals surface area contributed by atoms with E-state index in [0.717, 1.165) is 11.1 Å². The Morgan fingerprint density at radius 2 is 1.78 bits per heavy atom. The Bertz CT molecular complexity index is 1160. The van der Waals surface area contributed by atoms with Crippen LogP contribution in [0.1, 0.15) is 11.1 Å². The number of fused-ring (bicyclic) bond motifs is 1. The Morgan fingerprint density at radius 3 is 2.50 bits per heavy atom. The van der Waals surface area contributed by atoms with Gasteiger partial charge in [-0.3, -0.25) is 14.5 Å². The molecular weight excluding hydrogens is 411 g/mol. The van der Waals surface area contributed by atoms with Crippen molar-refractivity contribution in [2.75, 3.05) is 18.6 Å². The lowest BCUT2D eigenvalue weighted by molar-refractivity contribution is -0.123. The van der Waals surface area contributed by atoms with Crippen molar-refractivity contribution in [1.29, 1.82) is 0 Å². The number of para-hydroxylation sites is 2. The minimum absolute atomic E-state index is 0.111. The molecule has 162 valence electrons. The fourth-order valence-corrected chi connectivity index (χ4v) is 3.27. The lowest BCUT2D eigenvalue weighted by Gasteiger charge is -2.30. The first-order chi connectivity index (χ1) is 15.5. The van der Waals surface area contributed by atoms with Gasteiger partial charge in [-0.2, -0.15) is 0 Å². The van der Waals surface area contributed by atoms with Gasteiger partial charge >= 0.3 is 0 Å². The number of hydrogen-bond donors (Lipinski definition) is 1. The van der Waals surface area contributed by atoms with Gasteiger partial charge in [-0.05, 0) is 53.6 Å². The van der Waals surface area contributed by atoms with Crippen molar-refractivity contribution in [2.24, 2.45) is 0 Å². The summed E-state index contributed by atoms with van der Waals surface area (Å²) in [7, 11) is 1.58. The molecule has 4 rings (SSSR count). The maximum atomic E-state index is 13.1. The van der Waals surface area contributed by atoms with E-state index in [9.17, 15) is 14.0 Å². The van der Waals surface area contributed by atoms with Crippen molar-refractivity contribution < 1.29 is 23.5 Å². The molecule has 32 heavy (non-hydrogen) atoms. The third-order valence-electron chi connectivity index (χ3n) is 4.95. The number of methoxy groups -OCH3 is 1. The Hall–Kier alpha value is -4.13. The van der Waals surface area contributed by atoms with Crippen LogP contribution < -0.4 is 19.7 Å². The molecule has 0 bridgehead atoms. The van der Waals surface area contributed by atoms with Gasteiger partial charge in [-0.15, -0.1) is 0 Å². The zero-order valence-corrected chi connectivity index (χ0v) is 17.4. The predicted molar refractivity (Wildman–Crippen MR) is 119 cm³/mol. The summed E-state index contributed by atoms with van der Waals surface area (Å²) in [4.78, 5) is 27.1. The lowest BCUT2D eigenvalue weighted by atomic mass is 10.1. The van der Waals surface area contributed by atoms with Crippen molar-refractivity contribution in [1.82, 2.24) is 5.32 Å². The topological polar surface area (TPSA) is 67.9 Å². The van der Waals surface area contributed by atoms with Gasteiger partial charge < -0.3 is 14.8 Å². The minimum atomic E-state index is -0.420. The monoisotopic (exact) mass is 432 g/mol. The first kappa shape index (κ1) is 21.1. The van der Waals surface area contributed by atoms with Crippen LogP contribution in [0.2, 0.25) is 0 Å². The van der Waals surface area contributed by atoms with Crippen LogP contribution in [-0.2, 0) is 16.1 Å². The minimum Gasteiger partial charge on any atom is -0.497 e. The van der Waals surface area contributed by atoms with Crippen LogP contribution in [0.3, 0.4) is 0 Å². The molecule has 0 aliphatic carbocycles. The third kappa shape index (κ3) is 4.78. The van der Waals surface area contributed by atoms with Crippen LogP contribution in [-0.4, -0.2) is 25.5 Å². The van der Waals surface area contributed by atoms with E-state index >= 15 is 0 Å². The number of rotatable bonds is 6. The van der Waals surface area contributed by atoms with Crippen molar-refractivity contribution in [2.45, 2.75) is 6.54 Å². The average Bonchev–Trinajstić information content (AvgIpc) is 2.82. The van der Waals surface area contributed by atoms with Crippen molar-refractivity contribution in [3.8, 4) is 11.5 Å². The Balaban J connectivity index is 1.53. The van der Waals surface area contributed by atoms with Gasteiger partial charge in [0.15, 0.2) is 11.5 Å². The summed E-state index contributed by atoms with van der Waals surface area (Å²) in [6, 6.07) is 20.1. The molecule has 1 N–H and O–H groups in total. The normalized spacial score (nSPS) is 14.0. The van der Waals surface area contributed by atoms with Crippen LogP contribution in [0, 0.1) is 5.82 Å². The average molecular weight is 432 g/mol. The third-order valence-corrected chi connectivity index (χ3v) is 4.95. The molecule has 3 aromatic carbocycles. The fraction of sp³-hybridized carbons (Fsp3) is 0.120. The van der Waals surface area contributed by atoms with E-state index in [2.05, 4.69) is 5.32 Å². The van der Waals surface area contributed by atoms with Gasteiger partial charge in [0.1, 0.15) is 18.1 Å². The molecule has 1 aliphatic heterocycles. The standard InChI is InChI=1S/C25H21FN2O4/c1-31-20-12-8-17(9-13-20)14-23-25(30)28(21-4-2-3-5-22(21)32-23)16-24(29)27-15-18-6-10-19(26)11-7-18/h2-14H,15-16H2,1H3,(H,27,29). The highest BCUT2D eigenvalue weighted by Gasteiger charge is 2.31. The highest BCUT2D eigenvalue weighted by molar-refractivity contribution is 6.12. The Labute approximate surface area is 184 Å². The molecule has 0 aromatic heterocycles. The second-order valence-electron chi connectivity index (χ2n) is 7.15. The zero-order chi connectivity index (χ0) is 22.5. The molecule has 6 nitrogen and oxygen atoms in total. The van der Waals surface area contributed by atoms with Gasteiger partial charge in [0.05, 0.1) is 12.8 Å². The van der Waals surface area contributed by atoms with E-state index in [0.29, 0.717) is 17.2 Å². The van der Waals surface area contributed by atoms with Crippen LogP contribution in [0.15, 0.2) is 78.6 Å². The summed E-state index contributed by atoms with van der Waals surface area (Å²) in [5.74, 6) is 0.192. The number of nitrogens with zero attached hydrogens (tertiary/aromatic N) is 1. The summed E-state index contributed by atoms with van der Waals surface area (Å²) >= 11 is 0. The van der Waals surface area contributed by atoms with E-state index in [1.165, 1.54) is 17.0 Å². The molecule has 1 heterocycles. The van der Waals surface area contributed by atoms with Gasteiger partial charge in [0.25, 0.3) is 5.91 Å². The van der Waals surface area contributed by atoms with E-state index in [1.54, 1.807) is 61.7 Å². The van der Waals surface area contributed by atoms with E-state index < -0.39 is 5.91 Å². The maximum absolute atomic E-state index is 13.1. The van der Waals surface area contributed by atoms with Crippen LogP contribution in [0.25, 0.3) is 6.08 Å². The number of benzene rings is 3. The summed E-state index contributed by atoms with van der Waals surface area (Å²) in [5, 5.41) is 2.76. The summed E-state index contributed by atoms with van der Waals surface area (Å²) in [6.07, 6.45) is 1.63. The second-order valence-corrected chi connectivity index (χ2v) is 7.15. The molecule has 0 atom stereocenters. The zero-order valence-electron chi connectivity index (χ0n) is 17.4. The molecule has 3 aromatic rings. The first-order valence-electron chi connectivity index (χ1n) is 9.99. The van der Waals surface area contributed by atoms with Crippen molar-refractivity contribution >= 4 is 23.6 Å². The fourth-order valence-electron chi connectivity index (χ4n) is 3.27. The second kappa shape index (κ2) is 9.34. The number of ether oxygens (including phenoxy) is 2. The van der Waals surface area contributed by atoms with Gasteiger partial charge in [0.2, 0.25) is 5.91 Å². The SMILES string of the molecule is COc1ccc(C=C2Oc3ccccc3N(CC(=O)NCc3ccc(F)cc3)C2=O)cc1. The summed E-state index contributed by atoms with van der Waals surface area (Å²) in [5.41, 5.74) is 2.03. The number of hydrogen-bond acceptors (Lipinski definition) is 4. The summed E-state index contributed by atoms with van der Waals surface area (Å²) in [6.45, 7) is 0.0498. The highest BCUT2D eigenvalue weighted by atomic mass is 19.1. The molecule has 0 saturated carbocycles. The maximum Gasteiger partial charge on any atom is 0.294 e. The van der Waals surface area contributed by atoms with Crippen LogP contribution >= 0.6 is 0 Å². The number of halogens is 1. The molecule has 0 fully saturated rings. The number of nitrogens with one attached hydrogen (secondary N) is 1. The van der Waals surface area contributed by atoms with Crippen molar-refractivity contribution in [3.05, 3.63) is 95.5 Å². The number of anilines is 1. The molecule has 0 radical (unpaired) electrons. The van der Waals surface area contributed by atoms with Gasteiger partial charge in [0, 0.05) is 6.54 Å². The molecular formula is C25H21FN2O4. The summed E-state index contributed by atoms with van der Waals surface area (Å²) < 4.78 is 24.0. The van der Waals surface area contributed by atoms with E-state index in [4.69, 9.17) is 9.47 Å². The largest absolute Gasteiger partial charge is 0.497 e. The molecule has 0 spiro atoms. The number of carbonyl (C=O) groups is 2. The molecule has 0 unspecified atom stereocenters. The number of carbonyl (C=O) groups excluding carboxylic acids is 2. The smallest absolute Gasteiger partial charge is 0.294 e. The molecule has 1 aliphatic rings. The number of amides is 2. The Morgan fingerprint density at radius 1 is 1.06 bits per heavy atom. The lowest BCUT2D eigenvalue weighted by Crippen LogP contribution is -2.44. The predicted octanol–water partition coefficient (Wildman–Crippen LogP) is 3.92. The van der Waals surface area contributed by atoms with Crippen LogP contribution in [0.5, 0.6) is 11.5 Å². The first-order valence-corrected chi connectivity index (χ1v) is 9.99.